The molecule has 4 nitrogen and oxygen atoms in total. The third-order valence-electron chi connectivity index (χ3n) is 5.53. The lowest BCUT2D eigenvalue weighted by Crippen LogP contribution is -2.51. The van der Waals surface area contributed by atoms with Crippen molar-refractivity contribution < 1.29 is 4.79 Å². The first kappa shape index (κ1) is 14.5. The van der Waals surface area contributed by atoms with Gasteiger partial charge in [0, 0.05) is 11.5 Å². The van der Waals surface area contributed by atoms with Crippen molar-refractivity contribution in [2.75, 3.05) is 19.6 Å². The molecule has 0 saturated carbocycles. The molecule has 0 bridgehead atoms. The van der Waals surface area contributed by atoms with E-state index < -0.39 is 0 Å². The average molecular weight is 279 g/mol. The van der Waals surface area contributed by atoms with Crippen molar-refractivity contribution in [1.82, 2.24) is 15.5 Å². The Kier molecular flexibility index (Phi) is 3.68. The predicted octanol–water partition coefficient (Wildman–Crippen LogP) is 1.22. The lowest BCUT2D eigenvalue weighted by Gasteiger charge is -2.33. The summed E-state index contributed by atoms with van der Waals surface area (Å²) in [7, 11) is 0. The van der Waals surface area contributed by atoms with Crippen molar-refractivity contribution >= 4 is 5.78 Å². The van der Waals surface area contributed by atoms with E-state index in [1.54, 1.807) is 0 Å². The van der Waals surface area contributed by atoms with Crippen LogP contribution in [0.3, 0.4) is 0 Å². The minimum atomic E-state index is -0.235. The quantitative estimate of drug-likeness (QED) is 0.798. The Morgan fingerprint density at radius 1 is 1.30 bits per heavy atom. The van der Waals surface area contributed by atoms with E-state index in [1.807, 2.05) is 0 Å². The van der Waals surface area contributed by atoms with Crippen LogP contribution in [0.1, 0.15) is 40.5 Å². The molecule has 3 saturated heterocycles. The van der Waals surface area contributed by atoms with E-state index in [9.17, 15) is 4.79 Å². The zero-order chi connectivity index (χ0) is 14.5. The van der Waals surface area contributed by atoms with Crippen LogP contribution >= 0.6 is 0 Å². The molecule has 0 amide bonds. The van der Waals surface area contributed by atoms with Crippen LogP contribution in [-0.4, -0.2) is 48.6 Å². The van der Waals surface area contributed by atoms with Crippen molar-refractivity contribution in [2.24, 2.45) is 17.3 Å². The van der Waals surface area contributed by atoms with Crippen molar-refractivity contribution in [3.63, 3.8) is 0 Å². The second-order valence-corrected chi connectivity index (χ2v) is 7.73. The molecule has 0 aromatic rings. The fourth-order valence-corrected chi connectivity index (χ4v) is 4.52. The van der Waals surface area contributed by atoms with Gasteiger partial charge in [0.25, 0.3) is 0 Å². The summed E-state index contributed by atoms with van der Waals surface area (Å²) in [6.07, 6.45) is 2.70. The summed E-state index contributed by atoms with van der Waals surface area (Å²) >= 11 is 0. The van der Waals surface area contributed by atoms with E-state index in [0.29, 0.717) is 29.8 Å². The van der Waals surface area contributed by atoms with Crippen LogP contribution in [0.5, 0.6) is 0 Å². The van der Waals surface area contributed by atoms with E-state index in [0.717, 1.165) is 26.1 Å². The van der Waals surface area contributed by atoms with E-state index >= 15 is 0 Å². The first-order chi connectivity index (χ1) is 9.43. The van der Waals surface area contributed by atoms with Crippen LogP contribution in [0, 0.1) is 17.3 Å². The number of likely N-dealkylation sites (tertiary alicyclic amines) is 1. The predicted molar refractivity (Wildman–Crippen MR) is 80.4 cm³/mol. The number of fused-ring (bicyclic) bond motifs is 3. The van der Waals surface area contributed by atoms with E-state index in [1.165, 1.54) is 6.42 Å². The Morgan fingerprint density at radius 3 is 2.70 bits per heavy atom. The van der Waals surface area contributed by atoms with Crippen LogP contribution in [0.2, 0.25) is 0 Å². The Morgan fingerprint density at radius 2 is 2.05 bits per heavy atom. The number of hydrogen-bond donors (Lipinski definition) is 2. The summed E-state index contributed by atoms with van der Waals surface area (Å²) in [5, 5.41) is 7.36. The molecular weight excluding hydrogens is 250 g/mol. The summed E-state index contributed by atoms with van der Waals surface area (Å²) < 4.78 is 0. The van der Waals surface area contributed by atoms with Gasteiger partial charge in [-0.3, -0.25) is 15.0 Å². The molecule has 5 atom stereocenters. The molecule has 3 aliphatic rings. The van der Waals surface area contributed by atoms with Crippen molar-refractivity contribution in [3.05, 3.63) is 0 Å². The average Bonchev–Trinajstić information content (AvgIpc) is 2.91. The van der Waals surface area contributed by atoms with Crippen LogP contribution < -0.4 is 10.6 Å². The maximum Gasteiger partial charge on any atom is 0.155 e. The molecule has 20 heavy (non-hydrogen) atoms. The summed E-state index contributed by atoms with van der Waals surface area (Å²) in [5.74, 6) is 1.76. The molecule has 3 fully saturated rings. The Labute approximate surface area is 122 Å². The number of Topliss-reactive ketones (excluding diaryl/α,β-unsaturated/α-hetero) is 1. The highest BCUT2D eigenvalue weighted by Gasteiger charge is 2.54. The van der Waals surface area contributed by atoms with Crippen molar-refractivity contribution in [1.29, 1.82) is 0 Å². The van der Waals surface area contributed by atoms with Gasteiger partial charge >= 0.3 is 0 Å². The number of carbonyl (C=O) groups excluding carboxylic acids is 1. The summed E-state index contributed by atoms with van der Waals surface area (Å²) in [5.41, 5.74) is -0.235. The Bertz CT molecular complexity index is 390. The highest BCUT2D eigenvalue weighted by Crippen LogP contribution is 2.43. The van der Waals surface area contributed by atoms with Gasteiger partial charge in [0.1, 0.15) is 0 Å². The number of nitrogens with one attached hydrogen (secondary N) is 2. The molecule has 0 radical (unpaired) electrons. The van der Waals surface area contributed by atoms with E-state index in [4.69, 9.17) is 0 Å². The molecule has 0 spiro atoms. The van der Waals surface area contributed by atoms with E-state index in [2.05, 4.69) is 43.2 Å². The second kappa shape index (κ2) is 5.08. The maximum atomic E-state index is 12.7. The number of likely N-dealkylation sites (N-methyl/N-ethyl adjacent to an activating group) is 1. The number of carbonyl (C=O) groups is 1. The monoisotopic (exact) mass is 279 g/mol. The third-order valence-corrected chi connectivity index (χ3v) is 5.53. The zero-order valence-electron chi connectivity index (χ0n) is 13.3. The SMILES string of the molecule is CCN1C(C(=O)C(C)(C)C)CC2C3CNCCC3NC21. The van der Waals surface area contributed by atoms with Crippen LogP contribution in [0.4, 0.5) is 0 Å². The van der Waals surface area contributed by atoms with Crippen LogP contribution in [0.25, 0.3) is 0 Å². The van der Waals surface area contributed by atoms with Crippen molar-refractivity contribution in [2.45, 2.75) is 58.8 Å². The molecule has 2 N–H and O–H groups in total. The number of nitrogens with zero attached hydrogens (tertiary/aromatic N) is 1. The van der Waals surface area contributed by atoms with Gasteiger partial charge in [-0.25, -0.2) is 0 Å². The summed E-state index contributed by atoms with van der Waals surface area (Å²) in [6, 6.07) is 0.774. The Balaban J connectivity index is 1.80. The molecule has 0 aliphatic carbocycles. The first-order valence-electron chi connectivity index (χ1n) is 8.20. The molecule has 0 aromatic heterocycles. The van der Waals surface area contributed by atoms with Crippen molar-refractivity contribution in [3.8, 4) is 0 Å². The fraction of sp³-hybridized carbons (Fsp3) is 0.938. The topological polar surface area (TPSA) is 44.4 Å². The van der Waals surface area contributed by atoms with Gasteiger partial charge in [-0.2, -0.15) is 0 Å². The summed E-state index contributed by atoms with van der Waals surface area (Å²) in [6.45, 7) is 11.6. The smallest absolute Gasteiger partial charge is 0.155 e. The molecule has 3 rings (SSSR count). The van der Waals surface area contributed by atoms with Gasteiger partial charge in [-0.05, 0) is 44.3 Å². The highest BCUT2D eigenvalue weighted by atomic mass is 16.1. The number of ketones is 1. The molecule has 5 unspecified atom stereocenters. The number of hydrogen-bond acceptors (Lipinski definition) is 4. The van der Waals surface area contributed by atoms with Crippen LogP contribution in [0.15, 0.2) is 0 Å². The minimum Gasteiger partial charge on any atom is -0.316 e. The zero-order valence-corrected chi connectivity index (χ0v) is 13.3. The molecule has 3 aliphatic heterocycles. The second-order valence-electron chi connectivity index (χ2n) is 7.73. The molecule has 114 valence electrons. The third kappa shape index (κ3) is 2.22. The number of piperidine rings is 1. The van der Waals surface area contributed by atoms with Gasteiger partial charge in [-0.1, -0.05) is 27.7 Å². The first-order valence-corrected chi connectivity index (χ1v) is 8.20. The van der Waals surface area contributed by atoms with Gasteiger partial charge in [0.15, 0.2) is 5.78 Å². The number of rotatable bonds is 2. The largest absolute Gasteiger partial charge is 0.316 e. The standard InChI is InChI=1S/C16H29N3O/c1-5-19-13(14(20)16(2,3)4)8-10-11-9-17-7-6-12(11)18-15(10)19/h10-13,15,17-18H,5-9H2,1-4H3. The highest BCUT2D eigenvalue weighted by molar-refractivity contribution is 5.89. The van der Waals surface area contributed by atoms with Crippen LogP contribution in [-0.2, 0) is 4.79 Å². The summed E-state index contributed by atoms with van der Waals surface area (Å²) in [4.78, 5) is 15.2. The van der Waals surface area contributed by atoms with E-state index in [-0.39, 0.29) is 11.5 Å². The normalized spacial score (nSPS) is 41.5. The maximum absolute atomic E-state index is 12.7. The Hall–Kier alpha value is -0.450. The molecule has 3 heterocycles. The van der Waals surface area contributed by atoms with Gasteiger partial charge in [-0.15, -0.1) is 0 Å². The van der Waals surface area contributed by atoms with Gasteiger partial charge in [0.2, 0.25) is 0 Å². The fourth-order valence-electron chi connectivity index (χ4n) is 4.52. The molecule has 0 aromatic carbocycles. The minimum absolute atomic E-state index is 0.116. The van der Waals surface area contributed by atoms with Gasteiger partial charge < -0.3 is 5.32 Å². The van der Waals surface area contributed by atoms with Gasteiger partial charge in [0.05, 0.1) is 12.2 Å². The molecule has 4 heteroatoms. The molecular formula is C16H29N3O. The lowest BCUT2D eigenvalue weighted by atomic mass is 9.80. The lowest BCUT2D eigenvalue weighted by molar-refractivity contribution is -0.131.